The first kappa shape index (κ1) is 16.7. The van der Waals surface area contributed by atoms with Crippen LogP contribution >= 0.6 is 0 Å². The standard InChI is InChI=1S/C12H24N2O4/c1-9(10(15)14(5)17-6)7-8-13-11(16)18-12(2,3)4/h9H,7-8H2,1-6H3,(H,13,16). The van der Waals surface area contributed by atoms with E-state index in [2.05, 4.69) is 5.32 Å². The van der Waals surface area contributed by atoms with Crippen LogP contribution in [0.4, 0.5) is 4.79 Å². The highest BCUT2D eigenvalue weighted by Crippen LogP contribution is 2.08. The summed E-state index contributed by atoms with van der Waals surface area (Å²) in [6, 6.07) is 0. The number of hydroxylamine groups is 2. The van der Waals surface area contributed by atoms with Crippen LogP contribution in [0.5, 0.6) is 0 Å². The lowest BCUT2D eigenvalue weighted by Crippen LogP contribution is -2.35. The summed E-state index contributed by atoms with van der Waals surface area (Å²) in [5.74, 6) is -0.339. The number of nitrogens with one attached hydrogen (secondary N) is 1. The SMILES string of the molecule is CON(C)C(=O)C(C)CCNC(=O)OC(C)(C)C. The fourth-order valence-electron chi connectivity index (χ4n) is 1.23. The Morgan fingerprint density at radius 3 is 2.33 bits per heavy atom. The zero-order valence-corrected chi connectivity index (χ0v) is 12.1. The molecule has 0 aromatic rings. The van der Waals surface area contributed by atoms with Crippen molar-refractivity contribution >= 4 is 12.0 Å². The number of nitrogens with zero attached hydrogens (tertiary/aromatic N) is 1. The molecule has 1 N–H and O–H groups in total. The van der Waals surface area contributed by atoms with Gasteiger partial charge in [0.05, 0.1) is 7.11 Å². The Kier molecular flexibility index (Phi) is 6.68. The first-order chi connectivity index (χ1) is 8.17. The van der Waals surface area contributed by atoms with Gasteiger partial charge in [0, 0.05) is 19.5 Å². The lowest BCUT2D eigenvalue weighted by atomic mass is 10.1. The maximum atomic E-state index is 11.6. The Hall–Kier alpha value is -1.30. The van der Waals surface area contributed by atoms with Gasteiger partial charge < -0.3 is 10.1 Å². The Labute approximate surface area is 109 Å². The van der Waals surface area contributed by atoms with Gasteiger partial charge in [-0.3, -0.25) is 9.63 Å². The van der Waals surface area contributed by atoms with Crippen LogP contribution in [-0.2, 0) is 14.4 Å². The van der Waals surface area contributed by atoms with Crippen LogP contribution in [-0.4, -0.2) is 43.4 Å². The van der Waals surface area contributed by atoms with E-state index in [0.29, 0.717) is 13.0 Å². The van der Waals surface area contributed by atoms with Gasteiger partial charge in [0.15, 0.2) is 0 Å². The van der Waals surface area contributed by atoms with Gasteiger partial charge in [0.25, 0.3) is 0 Å². The molecule has 0 aliphatic heterocycles. The Bertz CT molecular complexity index is 286. The minimum Gasteiger partial charge on any atom is -0.444 e. The molecule has 0 radical (unpaired) electrons. The molecule has 6 nitrogen and oxygen atoms in total. The highest BCUT2D eigenvalue weighted by Gasteiger charge is 2.19. The molecular formula is C12H24N2O4. The van der Waals surface area contributed by atoms with Crippen molar-refractivity contribution in [3.63, 3.8) is 0 Å². The number of amides is 2. The Balaban J connectivity index is 3.91. The van der Waals surface area contributed by atoms with Crippen LogP contribution in [0.3, 0.4) is 0 Å². The van der Waals surface area contributed by atoms with E-state index in [1.807, 2.05) is 0 Å². The van der Waals surface area contributed by atoms with Gasteiger partial charge in [-0.1, -0.05) is 6.92 Å². The van der Waals surface area contributed by atoms with Gasteiger partial charge in [-0.25, -0.2) is 9.86 Å². The zero-order chi connectivity index (χ0) is 14.3. The number of carbonyl (C=O) groups excluding carboxylic acids is 2. The van der Waals surface area contributed by atoms with Crippen LogP contribution in [0.1, 0.15) is 34.1 Å². The monoisotopic (exact) mass is 260 g/mol. The first-order valence-electron chi connectivity index (χ1n) is 5.96. The molecule has 106 valence electrons. The van der Waals surface area contributed by atoms with Gasteiger partial charge >= 0.3 is 6.09 Å². The van der Waals surface area contributed by atoms with E-state index in [0.717, 1.165) is 0 Å². The van der Waals surface area contributed by atoms with Crippen molar-refractivity contribution in [3.05, 3.63) is 0 Å². The molecule has 0 bridgehead atoms. The quantitative estimate of drug-likeness (QED) is 0.762. The maximum absolute atomic E-state index is 11.6. The van der Waals surface area contributed by atoms with Crippen LogP contribution in [0, 0.1) is 5.92 Å². The largest absolute Gasteiger partial charge is 0.444 e. The third-order valence-electron chi connectivity index (χ3n) is 2.25. The summed E-state index contributed by atoms with van der Waals surface area (Å²) in [6.07, 6.45) is 0.0634. The summed E-state index contributed by atoms with van der Waals surface area (Å²) >= 11 is 0. The molecule has 0 aliphatic carbocycles. The highest BCUT2D eigenvalue weighted by atomic mass is 16.7. The molecule has 0 saturated carbocycles. The highest BCUT2D eigenvalue weighted by molar-refractivity contribution is 5.77. The van der Waals surface area contributed by atoms with Gasteiger partial charge in [0.1, 0.15) is 5.60 Å². The summed E-state index contributed by atoms with van der Waals surface area (Å²) in [6.45, 7) is 7.57. The number of carbonyl (C=O) groups is 2. The first-order valence-corrected chi connectivity index (χ1v) is 5.96. The second-order valence-electron chi connectivity index (χ2n) is 5.14. The predicted molar refractivity (Wildman–Crippen MR) is 67.8 cm³/mol. The van der Waals surface area contributed by atoms with Crippen molar-refractivity contribution in [2.45, 2.75) is 39.7 Å². The third kappa shape index (κ3) is 7.11. The molecule has 0 heterocycles. The van der Waals surface area contributed by atoms with Gasteiger partial charge in [0.2, 0.25) is 5.91 Å². The molecule has 0 aliphatic rings. The van der Waals surface area contributed by atoms with Crippen molar-refractivity contribution < 1.29 is 19.2 Å². The number of rotatable bonds is 5. The molecule has 2 amide bonds. The van der Waals surface area contributed by atoms with Crippen LogP contribution in [0.2, 0.25) is 0 Å². The van der Waals surface area contributed by atoms with Crippen molar-refractivity contribution in [2.24, 2.45) is 5.92 Å². The van der Waals surface area contributed by atoms with E-state index in [9.17, 15) is 9.59 Å². The molecule has 0 saturated heterocycles. The topological polar surface area (TPSA) is 67.9 Å². The average Bonchev–Trinajstić information content (AvgIpc) is 2.24. The number of hydrogen-bond acceptors (Lipinski definition) is 4. The van der Waals surface area contributed by atoms with E-state index in [-0.39, 0.29) is 11.8 Å². The summed E-state index contributed by atoms with van der Waals surface area (Å²) in [7, 11) is 2.99. The fraction of sp³-hybridized carbons (Fsp3) is 0.833. The lowest BCUT2D eigenvalue weighted by molar-refractivity contribution is -0.173. The van der Waals surface area contributed by atoms with E-state index < -0.39 is 11.7 Å². The van der Waals surface area contributed by atoms with Crippen LogP contribution < -0.4 is 5.32 Å². The predicted octanol–water partition coefficient (Wildman–Crippen LogP) is 1.56. The van der Waals surface area contributed by atoms with Crippen molar-refractivity contribution in [1.82, 2.24) is 10.4 Å². The fourth-order valence-corrected chi connectivity index (χ4v) is 1.23. The van der Waals surface area contributed by atoms with Crippen molar-refractivity contribution in [1.29, 1.82) is 0 Å². The van der Waals surface area contributed by atoms with Gasteiger partial charge in [-0.05, 0) is 27.2 Å². The summed E-state index contributed by atoms with van der Waals surface area (Å²) in [5.41, 5.74) is -0.512. The van der Waals surface area contributed by atoms with E-state index in [4.69, 9.17) is 9.57 Å². The minimum atomic E-state index is -0.512. The van der Waals surface area contributed by atoms with E-state index in [1.54, 1.807) is 34.7 Å². The summed E-state index contributed by atoms with van der Waals surface area (Å²) in [5, 5.41) is 3.79. The number of hydrogen-bond donors (Lipinski definition) is 1. The van der Waals surface area contributed by atoms with Crippen LogP contribution in [0.25, 0.3) is 0 Å². The summed E-state index contributed by atoms with van der Waals surface area (Å²) in [4.78, 5) is 27.8. The molecule has 6 heteroatoms. The molecule has 0 aromatic heterocycles. The number of alkyl carbamates (subject to hydrolysis) is 1. The number of ether oxygens (including phenoxy) is 1. The van der Waals surface area contributed by atoms with Crippen molar-refractivity contribution in [2.75, 3.05) is 20.7 Å². The third-order valence-corrected chi connectivity index (χ3v) is 2.25. The molecule has 0 spiro atoms. The Morgan fingerprint density at radius 1 is 1.33 bits per heavy atom. The summed E-state index contributed by atoms with van der Waals surface area (Å²) < 4.78 is 5.08. The molecule has 18 heavy (non-hydrogen) atoms. The normalized spacial score (nSPS) is 12.8. The van der Waals surface area contributed by atoms with Crippen LogP contribution in [0.15, 0.2) is 0 Å². The van der Waals surface area contributed by atoms with E-state index in [1.165, 1.54) is 12.2 Å². The molecule has 0 fully saturated rings. The van der Waals surface area contributed by atoms with Gasteiger partial charge in [-0.15, -0.1) is 0 Å². The van der Waals surface area contributed by atoms with Gasteiger partial charge in [-0.2, -0.15) is 0 Å². The molecular weight excluding hydrogens is 236 g/mol. The smallest absolute Gasteiger partial charge is 0.407 e. The zero-order valence-electron chi connectivity index (χ0n) is 12.1. The van der Waals surface area contributed by atoms with E-state index >= 15 is 0 Å². The second-order valence-corrected chi connectivity index (χ2v) is 5.14. The molecule has 0 rings (SSSR count). The lowest BCUT2D eigenvalue weighted by Gasteiger charge is -2.21. The molecule has 1 atom stereocenters. The minimum absolute atomic E-state index is 0.122. The second kappa shape index (κ2) is 7.20. The van der Waals surface area contributed by atoms with Crippen molar-refractivity contribution in [3.8, 4) is 0 Å². The average molecular weight is 260 g/mol. The maximum Gasteiger partial charge on any atom is 0.407 e. The molecule has 1 unspecified atom stereocenters. The molecule has 0 aromatic carbocycles. The Morgan fingerprint density at radius 2 is 1.89 bits per heavy atom.